The summed E-state index contributed by atoms with van der Waals surface area (Å²) in [5.74, 6) is 0.120. The lowest BCUT2D eigenvalue weighted by Crippen LogP contribution is -2.35. The first-order valence-electron chi connectivity index (χ1n) is 7.42. The van der Waals surface area contributed by atoms with Crippen molar-refractivity contribution in [3.63, 3.8) is 0 Å². The Morgan fingerprint density at radius 2 is 1.50 bits per heavy atom. The van der Waals surface area contributed by atoms with Crippen LogP contribution in [-0.2, 0) is 10.0 Å². The molecule has 0 rings (SSSR count). The van der Waals surface area contributed by atoms with Gasteiger partial charge in [-0.05, 0) is 6.42 Å². The van der Waals surface area contributed by atoms with Crippen molar-refractivity contribution in [2.75, 3.05) is 18.8 Å². The van der Waals surface area contributed by atoms with Crippen molar-refractivity contribution in [3.8, 4) is 0 Å². The highest BCUT2D eigenvalue weighted by molar-refractivity contribution is 7.89. The summed E-state index contributed by atoms with van der Waals surface area (Å²) in [7, 11) is -3.26. The van der Waals surface area contributed by atoms with Crippen molar-refractivity contribution >= 4 is 16.1 Å². The van der Waals surface area contributed by atoms with Crippen molar-refractivity contribution in [1.29, 1.82) is 0 Å². The molecule has 0 atom stereocenters. The summed E-state index contributed by atoms with van der Waals surface area (Å²) in [4.78, 5) is 10.2. The minimum atomic E-state index is -3.26. The van der Waals surface area contributed by atoms with E-state index in [1.54, 1.807) is 0 Å². The summed E-state index contributed by atoms with van der Waals surface area (Å²) in [6, 6.07) is 0. The molecule has 0 radical (unpaired) electrons. The van der Waals surface area contributed by atoms with Gasteiger partial charge in [-0.1, -0.05) is 51.9 Å². The second-order valence-corrected chi connectivity index (χ2v) is 6.85. The van der Waals surface area contributed by atoms with Crippen LogP contribution in [0.4, 0.5) is 4.79 Å². The maximum Gasteiger partial charge on any atom is 0.404 e. The number of unbranched alkanes of at least 4 members (excludes halogenated alkanes) is 7. The third-order valence-corrected chi connectivity index (χ3v) is 4.46. The molecule has 0 unspecified atom stereocenters. The van der Waals surface area contributed by atoms with Crippen LogP contribution in [0.5, 0.6) is 0 Å². The molecule has 7 heteroatoms. The SMILES string of the molecule is CCCCCCCCCCS(=O)(=O)NCCNC(=O)O. The van der Waals surface area contributed by atoms with Crippen molar-refractivity contribution in [3.05, 3.63) is 0 Å². The van der Waals surface area contributed by atoms with Crippen LogP contribution in [0.2, 0.25) is 0 Å². The largest absolute Gasteiger partial charge is 0.465 e. The zero-order valence-corrected chi connectivity index (χ0v) is 13.2. The van der Waals surface area contributed by atoms with Crippen LogP contribution in [-0.4, -0.2) is 38.5 Å². The van der Waals surface area contributed by atoms with Gasteiger partial charge in [0.2, 0.25) is 10.0 Å². The molecule has 0 fully saturated rings. The summed E-state index contributed by atoms with van der Waals surface area (Å²) in [5.41, 5.74) is 0. The first-order valence-corrected chi connectivity index (χ1v) is 9.07. The van der Waals surface area contributed by atoms with Gasteiger partial charge >= 0.3 is 6.09 Å². The van der Waals surface area contributed by atoms with Gasteiger partial charge in [-0.25, -0.2) is 17.9 Å². The minimum Gasteiger partial charge on any atom is -0.465 e. The van der Waals surface area contributed by atoms with Crippen LogP contribution in [0.1, 0.15) is 58.3 Å². The molecule has 0 aromatic carbocycles. The van der Waals surface area contributed by atoms with E-state index in [0.717, 1.165) is 12.8 Å². The summed E-state index contributed by atoms with van der Waals surface area (Å²) >= 11 is 0. The van der Waals surface area contributed by atoms with Crippen LogP contribution < -0.4 is 10.0 Å². The third-order valence-electron chi connectivity index (χ3n) is 2.99. The molecule has 1 amide bonds. The lowest BCUT2D eigenvalue weighted by atomic mass is 10.1. The average Bonchev–Trinajstić information content (AvgIpc) is 2.38. The van der Waals surface area contributed by atoms with Crippen LogP contribution >= 0.6 is 0 Å². The maximum atomic E-state index is 11.6. The van der Waals surface area contributed by atoms with Gasteiger partial charge in [0, 0.05) is 13.1 Å². The van der Waals surface area contributed by atoms with E-state index in [9.17, 15) is 13.2 Å². The smallest absolute Gasteiger partial charge is 0.404 e. The Kier molecular flexibility index (Phi) is 11.5. The molecule has 0 saturated carbocycles. The molecule has 0 bridgehead atoms. The Morgan fingerprint density at radius 1 is 0.950 bits per heavy atom. The molecule has 0 saturated heterocycles. The number of carbonyl (C=O) groups is 1. The quantitative estimate of drug-likeness (QED) is 0.455. The lowest BCUT2D eigenvalue weighted by molar-refractivity contribution is 0.194. The molecule has 3 N–H and O–H groups in total. The zero-order chi connectivity index (χ0) is 15.3. The van der Waals surface area contributed by atoms with Crippen molar-refractivity contribution in [1.82, 2.24) is 10.0 Å². The van der Waals surface area contributed by atoms with E-state index in [2.05, 4.69) is 17.0 Å². The van der Waals surface area contributed by atoms with Gasteiger partial charge in [0.25, 0.3) is 0 Å². The van der Waals surface area contributed by atoms with E-state index in [-0.39, 0.29) is 18.8 Å². The molecule has 0 aliphatic heterocycles. The second kappa shape index (κ2) is 12.0. The maximum absolute atomic E-state index is 11.6. The number of sulfonamides is 1. The predicted molar refractivity (Wildman–Crippen MR) is 80.4 cm³/mol. The Bertz CT molecular complexity index is 344. The normalized spacial score (nSPS) is 11.4. The van der Waals surface area contributed by atoms with Gasteiger partial charge in [-0.2, -0.15) is 0 Å². The fraction of sp³-hybridized carbons (Fsp3) is 0.923. The van der Waals surface area contributed by atoms with Gasteiger partial charge in [0.05, 0.1) is 5.75 Å². The zero-order valence-electron chi connectivity index (χ0n) is 12.4. The molecule has 0 aromatic rings. The Balaban J connectivity index is 3.45. The first-order chi connectivity index (χ1) is 9.48. The number of hydrogen-bond acceptors (Lipinski definition) is 3. The Hall–Kier alpha value is -0.820. The molecule has 0 heterocycles. The second-order valence-electron chi connectivity index (χ2n) is 4.92. The fourth-order valence-corrected chi connectivity index (χ4v) is 3.02. The van der Waals surface area contributed by atoms with E-state index >= 15 is 0 Å². The lowest BCUT2D eigenvalue weighted by Gasteiger charge is -2.06. The summed E-state index contributed by atoms with van der Waals surface area (Å²) in [6.07, 6.45) is 7.73. The Labute approximate surface area is 122 Å². The van der Waals surface area contributed by atoms with E-state index < -0.39 is 16.1 Å². The molecular formula is C13H28N2O4S. The topological polar surface area (TPSA) is 95.5 Å². The number of nitrogens with one attached hydrogen (secondary N) is 2. The van der Waals surface area contributed by atoms with E-state index in [0.29, 0.717) is 6.42 Å². The minimum absolute atomic E-state index is 0.0893. The van der Waals surface area contributed by atoms with Crippen LogP contribution in [0, 0.1) is 0 Å². The van der Waals surface area contributed by atoms with E-state index in [1.165, 1.54) is 32.1 Å². The average molecular weight is 308 g/mol. The highest BCUT2D eigenvalue weighted by Crippen LogP contribution is 2.08. The molecular weight excluding hydrogens is 280 g/mol. The molecule has 0 aromatic heterocycles. The monoisotopic (exact) mass is 308 g/mol. The Morgan fingerprint density at radius 3 is 2.05 bits per heavy atom. The number of hydrogen-bond donors (Lipinski definition) is 3. The van der Waals surface area contributed by atoms with Crippen molar-refractivity contribution in [2.24, 2.45) is 0 Å². The van der Waals surface area contributed by atoms with Crippen molar-refractivity contribution < 1.29 is 18.3 Å². The summed E-state index contributed by atoms with van der Waals surface area (Å²) < 4.78 is 25.5. The standard InChI is InChI=1S/C13H28N2O4S/c1-2-3-4-5-6-7-8-9-12-20(18,19)15-11-10-14-13(16)17/h14-15H,2-12H2,1H3,(H,16,17). The van der Waals surface area contributed by atoms with E-state index in [1.807, 2.05) is 0 Å². The predicted octanol–water partition coefficient (Wildman–Crippen LogP) is 2.31. The van der Waals surface area contributed by atoms with Gasteiger partial charge in [0.1, 0.15) is 0 Å². The third kappa shape index (κ3) is 13.6. The molecule has 6 nitrogen and oxygen atoms in total. The number of amides is 1. The summed E-state index contributed by atoms with van der Waals surface area (Å²) in [6.45, 7) is 2.38. The molecule has 20 heavy (non-hydrogen) atoms. The fourth-order valence-electron chi connectivity index (χ4n) is 1.87. The van der Waals surface area contributed by atoms with Gasteiger partial charge in [-0.15, -0.1) is 0 Å². The van der Waals surface area contributed by atoms with Crippen LogP contribution in [0.25, 0.3) is 0 Å². The van der Waals surface area contributed by atoms with Crippen LogP contribution in [0.3, 0.4) is 0 Å². The van der Waals surface area contributed by atoms with Crippen LogP contribution in [0.15, 0.2) is 0 Å². The molecule has 0 aliphatic rings. The highest BCUT2D eigenvalue weighted by atomic mass is 32.2. The number of rotatable bonds is 13. The summed E-state index contributed by atoms with van der Waals surface area (Å²) in [5, 5.41) is 10.4. The van der Waals surface area contributed by atoms with Gasteiger partial charge < -0.3 is 10.4 Å². The van der Waals surface area contributed by atoms with E-state index in [4.69, 9.17) is 5.11 Å². The number of carboxylic acid groups (broad SMARTS) is 1. The highest BCUT2D eigenvalue weighted by Gasteiger charge is 2.08. The van der Waals surface area contributed by atoms with Gasteiger partial charge in [-0.3, -0.25) is 0 Å². The van der Waals surface area contributed by atoms with Crippen molar-refractivity contribution in [2.45, 2.75) is 58.3 Å². The first kappa shape index (κ1) is 19.2. The molecule has 120 valence electrons. The van der Waals surface area contributed by atoms with Gasteiger partial charge in [0.15, 0.2) is 0 Å². The molecule has 0 spiro atoms. The molecule has 0 aliphatic carbocycles.